The topological polar surface area (TPSA) is 58.6 Å². The van der Waals surface area contributed by atoms with Gasteiger partial charge in [-0.05, 0) is 29.8 Å². The summed E-state index contributed by atoms with van der Waals surface area (Å²) in [6.45, 7) is 1.37. The molecular formula is C19H20F2N2O3. The maximum Gasteiger partial charge on any atom is 0.224 e. The van der Waals surface area contributed by atoms with Crippen molar-refractivity contribution in [3.8, 4) is 5.75 Å². The van der Waals surface area contributed by atoms with Crippen LogP contribution in [0.2, 0.25) is 0 Å². The molecule has 2 aromatic rings. The number of benzene rings is 2. The Hall–Kier alpha value is -2.96. The first-order valence-corrected chi connectivity index (χ1v) is 8.04. The Balaban J connectivity index is 1.94. The molecule has 0 aromatic heterocycles. The lowest BCUT2D eigenvalue weighted by atomic mass is 10.2. The Morgan fingerprint density at radius 2 is 1.69 bits per heavy atom. The summed E-state index contributed by atoms with van der Waals surface area (Å²) in [7, 11) is 1.57. The first-order chi connectivity index (χ1) is 12.4. The first-order valence-electron chi connectivity index (χ1n) is 8.04. The van der Waals surface area contributed by atoms with Crippen LogP contribution >= 0.6 is 0 Å². The Bertz CT molecular complexity index is 759. The molecule has 0 fully saturated rings. The van der Waals surface area contributed by atoms with E-state index in [0.717, 1.165) is 22.6 Å². The predicted octanol–water partition coefficient (Wildman–Crippen LogP) is 3.03. The Morgan fingerprint density at radius 3 is 2.23 bits per heavy atom. The van der Waals surface area contributed by atoms with Gasteiger partial charge in [0, 0.05) is 26.4 Å². The van der Waals surface area contributed by atoms with Crippen molar-refractivity contribution in [1.29, 1.82) is 0 Å². The van der Waals surface area contributed by atoms with E-state index in [1.165, 1.54) is 13.0 Å². The summed E-state index contributed by atoms with van der Waals surface area (Å²) < 4.78 is 32.8. The monoisotopic (exact) mass is 362 g/mol. The highest BCUT2D eigenvalue weighted by Crippen LogP contribution is 2.23. The van der Waals surface area contributed by atoms with E-state index in [-0.39, 0.29) is 18.9 Å². The molecule has 0 heterocycles. The first kappa shape index (κ1) is 19.4. The molecule has 7 heteroatoms. The van der Waals surface area contributed by atoms with Crippen LogP contribution in [-0.2, 0) is 16.1 Å². The molecule has 26 heavy (non-hydrogen) atoms. The average molecular weight is 362 g/mol. The fourth-order valence-corrected chi connectivity index (χ4v) is 2.42. The molecule has 0 aliphatic heterocycles. The van der Waals surface area contributed by atoms with Crippen molar-refractivity contribution in [3.05, 3.63) is 59.7 Å². The Kier molecular flexibility index (Phi) is 6.66. The van der Waals surface area contributed by atoms with Gasteiger partial charge in [-0.25, -0.2) is 8.78 Å². The van der Waals surface area contributed by atoms with E-state index in [9.17, 15) is 18.4 Å². The number of halogens is 2. The van der Waals surface area contributed by atoms with Crippen molar-refractivity contribution in [2.75, 3.05) is 18.6 Å². The summed E-state index contributed by atoms with van der Waals surface area (Å²) in [5, 5.41) is 2.71. The number of anilines is 1. The van der Waals surface area contributed by atoms with Crippen LogP contribution in [0.5, 0.6) is 5.75 Å². The Labute approximate surface area is 150 Å². The number of ether oxygens (including phenoxy) is 1. The van der Waals surface area contributed by atoms with Crippen LogP contribution in [0.3, 0.4) is 0 Å². The van der Waals surface area contributed by atoms with E-state index < -0.39 is 23.2 Å². The van der Waals surface area contributed by atoms with Crippen molar-refractivity contribution in [2.45, 2.75) is 19.9 Å². The second kappa shape index (κ2) is 8.94. The number of carbonyl (C=O) groups is 2. The van der Waals surface area contributed by atoms with Gasteiger partial charge >= 0.3 is 0 Å². The summed E-state index contributed by atoms with van der Waals surface area (Å²) >= 11 is 0. The highest BCUT2D eigenvalue weighted by atomic mass is 19.1. The fourth-order valence-electron chi connectivity index (χ4n) is 2.42. The normalized spacial score (nSPS) is 10.3. The molecule has 2 rings (SSSR count). The highest BCUT2D eigenvalue weighted by Gasteiger charge is 2.20. The number of carbonyl (C=O) groups excluding carboxylic acids is 2. The van der Waals surface area contributed by atoms with Gasteiger partial charge in [-0.15, -0.1) is 0 Å². The van der Waals surface area contributed by atoms with Gasteiger partial charge < -0.3 is 15.0 Å². The Morgan fingerprint density at radius 1 is 1.08 bits per heavy atom. The van der Waals surface area contributed by atoms with Gasteiger partial charge in [-0.3, -0.25) is 9.59 Å². The third kappa shape index (κ3) is 5.02. The van der Waals surface area contributed by atoms with Gasteiger partial charge in [0.15, 0.2) is 0 Å². The second-order valence-corrected chi connectivity index (χ2v) is 5.62. The molecule has 1 N–H and O–H groups in total. The summed E-state index contributed by atoms with van der Waals surface area (Å²) in [4.78, 5) is 24.7. The molecule has 0 aliphatic rings. The van der Waals surface area contributed by atoms with Crippen LogP contribution in [0.15, 0.2) is 42.5 Å². The maximum atomic E-state index is 13.9. The van der Waals surface area contributed by atoms with E-state index in [1.807, 2.05) is 12.1 Å². The summed E-state index contributed by atoms with van der Waals surface area (Å²) in [6, 6.07) is 10.5. The largest absolute Gasteiger partial charge is 0.497 e. The summed E-state index contributed by atoms with van der Waals surface area (Å²) in [5.41, 5.74) is 0.436. The predicted molar refractivity (Wildman–Crippen MR) is 93.8 cm³/mol. The molecule has 138 valence electrons. The van der Waals surface area contributed by atoms with Crippen molar-refractivity contribution < 1.29 is 23.1 Å². The van der Waals surface area contributed by atoms with Gasteiger partial charge in [0.1, 0.15) is 23.1 Å². The van der Waals surface area contributed by atoms with E-state index in [0.29, 0.717) is 12.3 Å². The molecule has 0 saturated heterocycles. The third-order valence-corrected chi connectivity index (χ3v) is 3.80. The zero-order chi connectivity index (χ0) is 19.1. The molecule has 0 saturated carbocycles. The molecular weight excluding hydrogens is 342 g/mol. The fraction of sp³-hybridized carbons (Fsp3) is 0.263. The molecule has 2 amide bonds. The minimum atomic E-state index is -0.848. The minimum absolute atomic E-state index is 0.0799. The van der Waals surface area contributed by atoms with Crippen LogP contribution in [0.1, 0.15) is 18.9 Å². The lowest BCUT2D eigenvalue weighted by Gasteiger charge is -2.22. The van der Waals surface area contributed by atoms with Crippen LogP contribution in [0.25, 0.3) is 0 Å². The van der Waals surface area contributed by atoms with Crippen molar-refractivity contribution >= 4 is 17.5 Å². The summed E-state index contributed by atoms with van der Waals surface area (Å²) in [6.07, 6.45) is -0.0799. The number of hydrogen-bond donors (Lipinski definition) is 1. The maximum absolute atomic E-state index is 13.9. The number of amides is 2. The number of para-hydroxylation sites is 1. The molecule has 0 spiro atoms. The zero-order valence-electron chi connectivity index (χ0n) is 14.6. The van der Waals surface area contributed by atoms with Crippen LogP contribution in [0, 0.1) is 11.6 Å². The van der Waals surface area contributed by atoms with Crippen LogP contribution < -0.4 is 15.0 Å². The number of hydrogen-bond acceptors (Lipinski definition) is 3. The standard InChI is InChI=1S/C19H20F2N2O3/c1-13(24)23(19-16(20)4-3-5-17(19)21)11-10-18(25)22-12-14-6-8-15(26-2)9-7-14/h3-9H,10-12H2,1-2H3,(H,22,25). The van der Waals surface area contributed by atoms with Gasteiger partial charge in [0.2, 0.25) is 11.8 Å². The van der Waals surface area contributed by atoms with E-state index in [1.54, 1.807) is 19.2 Å². The molecule has 0 aliphatic carbocycles. The third-order valence-electron chi connectivity index (χ3n) is 3.80. The lowest BCUT2D eigenvalue weighted by Crippen LogP contribution is -2.34. The van der Waals surface area contributed by atoms with Gasteiger partial charge in [0.25, 0.3) is 0 Å². The van der Waals surface area contributed by atoms with Crippen molar-refractivity contribution in [1.82, 2.24) is 5.32 Å². The highest BCUT2D eigenvalue weighted by molar-refractivity contribution is 5.92. The molecule has 0 bridgehead atoms. The van der Waals surface area contributed by atoms with E-state index >= 15 is 0 Å². The molecule has 5 nitrogen and oxygen atoms in total. The number of nitrogens with one attached hydrogen (secondary N) is 1. The van der Waals surface area contributed by atoms with Crippen molar-refractivity contribution in [2.24, 2.45) is 0 Å². The number of methoxy groups -OCH3 is 1. The van der Waals surface area contributed by atoms with Gasteiger partial charge in [0.05, 0.1) is 7.11 Å². The number of nitrogens with zero attached hydrogens (tertiary/aromatic N) is 1. The van der Waals surface area contributed by atoms with Gasteiger partial charge in [-0.2, -0.15) is 0 Å². The number of rotatable bonds is 7. The van der Waals surface area contributed by atoms with Gasteiger partial charge in [-0.1, -0.05) is 18.2 Å². The lowest BCUT2D eigenvalue weighted by molar-refractivity contribution is -0.121. The van der Waals surface area contributed by atoms with Crippen molar-refractivity contribution in [3.63, 3.8) is 0 Å². The zero-order valence-corrected chi connectivity index (χ0v) is 14.6. The van der Waals surface area contributed by atoms with Crippen LogP contribution in [0.4, 0.5) is 14.5 Å². The molecule has 0 atom stereocenters. The van der Waals surface area contributed by atoms with Crippen LogP contribution in [-0.4, -0.2) is 25.5 Å². The summed E-state index contributed by atoms with van der Waals surface area (Å²) in [5.74, 6) is -1.86. The average Bonchev–Trinajstić information content (AvgIpc) is 2.62. The molecule has 0 radical (unpaired) electrons. The smallest absolute Gasteiger partial charge is 0.224 e. The quantitative estimate of drug-likeness (QED) is 0.824. The SMILES string of the molecule is COc1ccc(CNC(=O)CCN(C(C)=O)c2c(F)cccc2F)cc1. The molecule has 0 unspecified atom stereocenters. The van der Waals surface area contributed by atoms with E-state index in [4.69, 9.17) is 4.74 Å². The minimum Gasteiger partial charge on any atom is -0.497 e. The molecule has 2 aromatic carbocycles. The van der Waals surface area contributed by atoms with E-state index in [2.05, 4.69) is 5.32 Å². The second-order valence-electron chi connectivity index (χ2n) is 5.62.